The van der Waals surface area contributed by atoms with Crippen LogP contribution >= 0.6 is 11.8 Å². The van der Waals surface area contributed by atoms with E-state index in [0.29, 0.717) is 39.6 Å². The number of ketones is 1. The summed E-state index contributed by atoms with van der Waals surface area (Å²) in [6.45, 7) is 1.48. The van der Waals surface area contributed by atoms with Gasteiger partial charge in [-0.3, -0.25) is 19.2 Å². The molecule has 3 amide bonds. The molecule has 0 saturated heterocycles. The number of methoxy groups -OCH3 is 2. The summed E-state index contributed by atoms with van der Waals surface area (Å²) < 4.78 is 10.7. The Morgan fingerprint density at radius 2 is 1.45 bits per heavy atom. The maximum Gasteiger partial charge on any atom is 0.272 e. The first-order valence-corrected chi connectivity index (χ1v) is 14.5. The lowest BCUT2D eigenvalue weighted by Crippen LogP contribution is -2.30. The number of hydrogen-bond donors (Lipinski definition) is 3. The molecule has 3 N–H and O–H groups in total. The van der Waals surface area contributed by atoms with Gasteiger partial charge in [0.05, 0.1) is 20.0 Å². The Balaban J connectivity index is 1.47. The number of anilines is 2. The first-order valence-electron chi connectivity index (χ1n) is 13.5. The lowest BCUT2D eigenvalue weighted by molar-refractivity contribution is -0.114. The number of thioether (sulfide) groups is 1. The molecule has 0 aliphatic rings. The van der Waals surface area contributed by atoms with Gasteiger partial charge in [0.1, 0.15) is 5.70 Å². The Morgan fingerprint density at radius 1 is 0.727 bits per heavy atom. The largest absolute Gasteiger partial charge is 0.493 e. The zero-order valence-electron chi connectivity index (χ0n) is 24.4. The lowest BCUT2D eigenvalue weighted by Gasteiger charge is -2.13. The number of amides is 3. The summed E-state index contributed by atoms with van der Waals surface area (Å²) in [5.74, 6) is -0.133. The third-order valence-corrected chi connectivity index (χ3v) is 7.28. The minimum Gasteiger partial charge on any atom is -0.493 e. The number of carbonyl (C=O) groups excluding carboxylic acids is 4. The van der Waals surface area contributed by atoms with Crippen LogP contribution in [0.5, 0.6) is 11.5 Å². The molecule has 10 heteroatoms. The van der Waals surface area contributed by atoms with Crippen molar-refractivity contribution in [2.45, 2.75) is 11.8 Å². The summed E-state index contributed by atoms with van der Waals surface area (Å²) in [5, 5.41) is 8.35. The highest BCUT2D eigenvalue weighted by Gasteiger charge is 2.16. The second kappa shape index (κ2) is 15.2. The fourth-order valence-corrected chi connectivity index (χ4v) is 4.80. The van der Waals surface area contributed by atoms with E-state index in [1.807, 2.05) is 6.07 Å². The predicted molar refractivity (Wildman–Crippen MR) is 172 cm³/mol. The molecule has 0 heterocycles. The topological polar surface area (TPSA) is 123 Å². The molecule has 4 rings (SSSR count). The van der Waals surface area contributed by atoms with E-state index in [1.165, 1.54) is 32.9 Å². The first-order chi connectivity index (χ1) is 21.2. The summed E-state index contributed by atoms with van der Waals surface area (Å²) in [6.07, 6.45) is 1.55. The van der Waals surface area contributed by atoms with Crippen LogP contribution in [0.1, 0.15) is 33.2 Å². The van der Waals surface area contributed by atoms with E-state index in [9.17, 15) is 19.2 Å². The molecule has 44 heavy (non-hydrogen) atoms. The molecule has 0 saturated carbocycles. The summed E-state index contributed by atoms with van der Waals surface area (Å²) in [5.41, 5.74) is 2.65. The Hall–Kier alpha value is -5.35. The van der Waals surface area contributed by atoms with E-state index in [1.54, 1.807) is 97.1 Å². The van der Waals surface area contributed by atoms with E-state index in [-0.39, 0.29) is 23.1 Å². The van der Waals surface area contributed by atoms with Gasteiger partial charge in [-0.15, -0.1) is 11.8 Å². The van der Waals surface area contributed by atoms with Gasteiger partial charge < -0.3 is 25.4 Å². The standard InChI is InChI=1S/C34H31N3O6S/c1-22(38)24-13-15-26(16-14-24)35-32(39)21-44-28-11-7-10-27(20-28)36-34(41)29(37-33(40)25-8-5-4-6-9-25)18-23-12-17-30(42-2)31(19-23)43-3/h4-20H,21H2,1-3H3,(H,35,39)(H,36,41)(H,37,40)/b29-18+. The van der Waals surface area contributed by atoms with Crippen LogP contribution in [0.25, 0.3) is 6.08 Å². The zero-order chi connectivity index (χ0) is 31.5. The molecule has 9 nitrogen and oxygen atoms in total. The van der Waals surface area contributed by atoms with Gasteiger partial charge in [0, 0.05) is 27.4 Å². The average molecular weight is 610 g/mol. The lowest BCUT2D eigenvalue weighted by atomic mass is 10.1. The van der Waals surface area contributed by atoms with Crippen molar-refractivity contribution in [2.75, 3.05) is 30.6 Å². The van der Waals surface area contributed by atoms with Gasteiger partial charge >= 0.3 is 0 Å². The van der Waals surface area contributed by atoms with Crippen molar-refractivity contribution >= 4 is 52.7 Å². The summed E-state index contributed by atoms with van der Waals surface area (Å²) >= 11 is 1.30. The van der Waals surface area contributed by atoms with E-state index in [0.717, 1.165) is 4.90 Å². The number of ether oxygens (including phenoxy) is 2. The molecule has 0 atom stereocenters. The maximum atomic E-state index is 13.5. The van der Waals surface area contributed by atoms with E-state index in [2.05, 4.69) is 16.0 Å². The van der Waals surface area contributed by atoms with Crippen molar-refractivity contribution in [2.24, 2.45) is 0 Å². The van der Waals surface area contributed by atoms with Crippen molar-refractivity contribution in [3.63, 3.8) is 0 Å². The highest BCUT2D eigenvalue weighted by Crippen LogP contribution is 2.28. The van der Waals surface area contributed by atoms with Crippen molar-refractivity contribution in [3.05, 3.63) is 119 Å². The van der Waals surface area contributed by atoms with Crippen LogP contribution in [0, 0.1) is 0 Å². The Kier molecular flexibility index (Phi) is 10.9. The van der Waals surface area contributed by atoms with Gasteiger partial charge in [0.2, 0.25) is 5.91 Å². The molecule has 0 aliphatic carbocycles. The van der Waals surface area contributed by atoms with Crippen LogP contribution in [-0.2, 0) is 9.59 Å². The van der Waals surface area contributed by atoms with E-state index >= 15 is 0 Å². The number of carbonyl (C=O) groups is 4. The second-order valence-corrected chi connectivity index (χ2v) is 10.5. The van der Waals surface area contributed by atoms with E-state index in [4.69, 9.17) is 9.47 Å². The minimum absolute atomic E-state index is 0.0132. The monoisotopic (exact) mass is 609 g/mol. The number of rotatable bonds is 12. The quantitative estimate of drug-likeness (QED) is 0.102. The molecule has 0 spiro atoms. The van der Waals surface area contributed by atoms with Crippen LogP contribution in [0.3, 0.4) is 0 Å². The van der Waals surface area contributed by atoms with E-state index < -0.39 is 11.8 Å². The van der Waals surface area contributed by atoms with Crippen molar-refractivity contribution in [3.8, 4) is 11.5 Å². The SMILES string of the molecule is COc1ccc(/C=C(/NC(=O)c2ccccc2)C(=O)Nc2cccc(SCC(=O)Nc3ccc(C(C)=O)cc3)c2)cc1OC. The highest BCUT2D eigenvalue weighted by atomic mass is 32.2. The molecule has 4 aromatic rings. The van der Waals surface area contributed by atoms with Gasteiger partial charge in [0.25, 0.3) is 11.8 Å². The molecule has 4 aromatic carbocycles. The fourth-order valence-electron chi connectivity index (χ4n) is 4.05. The Labute approximate surface area is 259 Å². The number of hydrogen-bond acceptors (Lipinski definition) is 7. The van der Waals surface area contributed by atoms with Gasteiger partial charge in [-0.05, 0) is 85.3 Å². The maximum absolute atomic E-state index is 13.5. The van der Waals surface area contributed by atoms with Crippen LogP contribution < -0.4 is 25.4 Å². The van der Waals surface area contributed by atoms with Gasteiger partial charge in [-0.2, -0.15) is 0 Å². The third-order valence-electron chi connectivity index (χ3n) is 6.28. The Morgan fingerprint density at radius 3 is 2.14 bits per heavy atom. The number of nitrogens with one attached hydrogen (secondary N) is 3. The van der Waals surface area contributed by atoms with Crippen LogP contribution in [-0.4, -0.2) is 43.5 Å². The van der Waals surface area contributed by atoms with Crippen LogP contribution in [0.15, 0.2) is 108 Å². The van der Waals surface area contributed by atoms with Crippen LogP contribution in [0.4, 0.5) is 11.4 Å². The molecule has 0 fully saturated rings. The summed E-state index contributed by atoms with van der Waals surface area (Å²) in [7, 11) is 3.04. The molecule has 224 valence electrons. The van der Waals surface area contributed by atoms with Gasteiger partial charge in [0.15, 0.2) is 17.3 Å². The number of Topliss-reactive ketones (excluding diaryl/α,β-unsaturated/α-hetero) is 1. The highest BCUT2D eigenvalue weighted by molar-refractivity contribution is 8.00. The zero-order valence-corrected chi connectivity index (χ0v) is 25.2. The second-order valence-electron chi connectivity index (χ2n) is 9.44. The number of benzene rings is 4. The molecular formula is C34H31N3O6S. The smallest absolute Gasteiger partial charge is 0.272 e. The molecule has 0 radical (unpaired) electrons. The van der Waals surface area contributed by atoms with Crippen molar-refractivity contribution in [1.29, 1.82) is 0 Å². The van der Waals surface area contributed by atoms with Crippen molar-refractivity contribution < 1.29 is 28.7 Å². The molecule has 0 bridgehead atoms. The van der Waals surface area contributed by atoms with Gasteiger partial charge in [-0.25, -0.2) is 0 Å². The minimum atomic E-state index is -0.544. The fraction of sp³-hybridized carbons (Fsp3) is 0.118. The predicted octanol–water partition coefficient (Wildman–Crippen LogP) is 6.05. The molecule has 0 aromatic heterocycles. The van der Waals surface area contributed by atoms with Crippen LogP contribution in [0.2, 0.25) is 0 Å². The van der Waals surface area contributed by atoms with Crippen molar-refractivity contribution in [1.82, 2.24) is 5.32 Å². The average Bonchev–Trinajstić information content (AvgIpc) is 3.04. The summed E-state index contributed by atoms with van der Waals surface area (Å²) in [4.78, 5) is 51.2. The normalized spacial score (nSPS) is 10.8. The Bertz CT molecular complexity index is 1690. The molecular weight excluding hydrogens is 578 g/mol. The third kappa shape index (κ3) is 8.83. The molecule has 0 aliphatic heterocycles. The molecule has 0 unspecified atom stereocenters. The first kappa shape index (κ1) is 31.6. The van der Waals surface area contributed by atoms with Gasteiger partial charge in [-0.1, -0.05) is 30.3 Å². The summed E-state index contributed by atoms with van der Waals surface area (Å²) in [6, 6.07) is 27.4.